The van der Waals surface area contributed by atoms with Crippen LogP contribution < -0.4 is 10.6 Å². The normalized spacial score (nSPS) is 11.6. The van der Waals surface area contributed by atoms with Gasteiger partial charge in [0.05, 0.1) is 17.4 Å². The number of pyridine rings is 1. The molecule has 0 aliphatic carbocycles. The maximum Gasteiger partial charge on any atom is 0.311 e. The summed E-state index contributed by atoms with van der Waals surface area (Å²) in [7, 11) is 1.65. The smallest absolute Gasteiger partial charge is 0.311 e. The van der Waals surface area contributed by atoms with Crippen LogP contribution in [0.15, 0.2) is 12.1 Å². The zero-order chi connectivity index (χ0) is 13.0. The third-order valence-electron chi connectivity index (χ3n) is 2.45. The highest BCUT2D eigenvalue weighted by Crippen LogP contribution is 2.27. The van der Waals surface area contributed by atoms with E-state index in [2.05, 4.69) is 4.98 Å². The molecule has 7 heteroatoms. The minimum atomic E-state index is -0.517. The second-order valence-electron chi connectivity index (χ2n) is 3.66. The summed E-state index contributed by atoms with van der Waals surface area (Å²) >= 11 is 0. The molecule has 90 valence electrons. The summed E-state index contributed by atoms with van der Waals surface area (Å²) < 4.78 is 0. The van der Waals surface area contributed by atoms with Gasteiger partial charge in [-0.1, -0.05) is 0 Å². The summed E-state index contributed by atoms with van der Waals surface area (Å²) in [5.74, 6) is 0.388. The van der Waals surface area contributed by atoms with Crippen LogP contribution in [-0.2, 0) is 0 Å². The van der Waals surface area contributed by atoms with Crippen LogP contribution in [0.3, 0.4) is 0 Å². The van der Waals surface area contributed by atoms with Gasteiger partial charge in [-0.15, -0.1) is 0 Å². The first kappa shape index (κ1) is 12.7. The molecule has 0 aliphatic rings. The Bertz CT molecular complexity index is 468. The molecule has 2 N–H and O–H groups in total. The lowest BCUT2D eigenvalue weighted by atomic mass is 10.2. The lowest BCUT2D eigenvalue weighted by Gasteiger charge is -2.23. The molecular weight excluding hydrogens is 222 g/mol. The second-order valence-corrected chi connectivity index (χ2v) is 3.66. The van der Waals surface area contributed by atoms with E-state index in [0.717, 1.165) is 0 Å². The van der Waals surface area contributed by atoms with Crippen molar-refractivity contribution in [3.8, 4) is 6.07 Å². The molecule has 0 spiro atoms. The van der Waals surface area contributed by atoms with E-state index in [4.69, 9.17) is 11.0 Å². The fourth-order valence-electron chi connectivity index (χ4n) is 1.34. The molecule has 0 saturated heterocycles. The molecule has 1 aromatic heterocycles. The standard InChI is InChI=1S/C10H13N5O2/c1-7(5-6-11)14(2)10-8(15(16)17)3-4-9(12)13-10/h3-4,7H,5H2,1-2H3,(H2,12,13). The zero-order valence-corrected chi connectivity index (χ0v) is 9.62. The van der Waals surface area contributed by atoms with Crippen molar-refractivity contribution in [1.82, 2.24) is 4.98 Å². The van der Waals surface area contributed by atoms with Gasteiger partial charge < -0.3 is 10.6 Å². The van der Waals surface area contributed by atoms with E-state index >= 15 is 0 Å². The van der Waals surface area contributed by atoms with Crippen LogP contribution in [0.1, 0.15) is 13.3 Å². The zero-order valence-electron chi connectivity index (χ0n) is 9.62. The van der Waals surface area contributed by atoms with Crippen LogP contribution in [0.2, 0.25) is 0 Å². The van der Waals surface area contributed by atoms with Crippen LogP contribution in [0.25, 0.3) is 0 Å². The number of aromatic nitrogens is 1. The number of nitro groups is 1. The average molecular weight is 235 g/mol. The van der Waals surface area contributed by atoms with Gasteiger partial charge in [0.1, 0.15) is 5.82 Å². The van der Waals surface area contributed by atoms with Crippen molar-refractivity contribution in [3.63, 3.8) is 0 Å². The SMILES string of the molecule is CC(CC#N)N(C)c1nc(N)ccc1[N+](=O)[O-]. The first-order valence-corrected chi connectivity index (χ1v) is 4.98. The number of nitrogen functional groups attached to an aromatic ring is 1. The number of hydrogen-bond donors (Lipinski definition) is 1. The maximum absolute atomic E-state index is 10.9. The molecule has 1 heterocycles. The fourth-order valence-corrected chi connectivity index (χ4v) is 1.34. The van der Waals surface area contributed by atoms with E-state index in [1.807, 2.05) is 6.07 Å². The van der Waals surface area contributed by atoms with Crippen LogP contribution in [-0.4, -0.2) is 23.0 Å². The largest absolute Gasteiger partial charge is 0.384 e. The van der Waals surface area contributed by atoms with Crippen LogP contribution >= 0.6 is 0 Å². The topological polar surface area (TPSA) is 109 Å². The monoisotopic (exact) mass is 235 g/mol. The molecule has 0 saturated carbocycles. The van der Waals surface area contributed by atoms with E-state index in [1.165, 1.54) is 12.1 Å². The van der Waals surface area contributed by atoms with Crippen molar-refractivity contribution in [2.75, 3.05) is 17.7 Å². The van der Waals surface area contributed by atoms with E-state index in [9.17, 15) is 10.1 Å². The average Bonchev–Trinajstić information content (AvgIpc) is 2.27. The summed E-state index contributed by atoms with van der Waals surface area (Å²) in [5, 5.41) is 19.5. The van der Waals surface area contributed by atoms with Gasteiger partial charge in [0.25, 0.3) is 0 Å². The van der Waals surface area contributed by atoms with Gasteiger partial charge in [-0.2, -0.15) is 5.26 Å². The van der Waals surface area contributed by atoms with Gasteiger partial charge in [-0.05, 0) is 13.0 Å². The Labute approximate surface area is 98.6 Å². The van der Waals surface area contributed by atoms with E-state index in [1.54, 1.807) is 18.9 Å². The minimum absolute atomic E-state index is 0.119. The molecule has 1 aromatic rings. The van der Waals surface area contributed by atoms with Crippen molar-refractivity contribution in [2.24, 2.45) is 0 Å². The molecule has 0 bridgehead atoms. The summed E-state index contributed by atoms with van der Waals surface area (Å²) in [6, 6.07) is 4.53. The van der Waals surface area contributed by atoms with Crippen molar-refractivity contribution < 1.29 is 4.92 Å². The summed E-state index contributed by atoms with van der Waals surface area (Å²) in [5.41, 5.74) is 5.40. The Kier molecular flexibility index (Phi) is 3.82. The molecule has 0 aliphatic heterocycles. The summed E-state index contributed by atoms with van der Waals surface area (Å²) in [6.07, 6.45) is 0.254. The first-order chi connectivity index (χ1) is 7.97. The third kappa shape index (κ3) is 2.81. The highest BCUT2D eigenvalue weighted by Gasteiger charge is 2.22. The Morgan fingerprint density at radius 2 is 2.35 bits per heavy atom. The van der Waals surface area contributed by atoms with Crippen molar-refractivity contribution in [3.05, 3.63) is 22.2 Å². The Balaban J connectivity index is 3.15. The number of hydrogen-bond acceptors (Lipinski definition) is 6. The number of nitrogens with two attached hydrogens (primary N) is 1. The highest BCUT2D eigenvalue weighted by atomic mass is 16.6. The van der Waals surface area contributed by atoms with Gasteiger partial charge in [-0.25, -0.2) is 4.98 Å². The Morgan fingerprint density at radius 3 is 2.88 bits per heavy atom. The molecule has 17 heavy (non-hydrogen) atoms. The number of nitriles is 1. The Hall–Kier alpha value is -2.36. The first-order valence-electron chi connectivity index (χ1n) is 4.98. The fraction of sp³-hybridized carbons (Fsp3) is 0.400. The van der Waals surface area contributed by atoms with E-state index in [0.29, 0.717) is 0 Å². The molecule has 0 radical (unpaired) electrons. The van der Waals surface area contributed by atoms with E-state index in [-0.39, 0.29) is 29.8 Å². The maximum atomic E-state index is 10.9. The van der Waals surface area contributed by atoms with Gasteiger partial charge in [0.15, 0.2) is 0 Å². The van der Waals surface area contributed by atoms with Gasteiger partial charge >= 0.3 is 5.69 Å². The summed E-state index contributed by atoms with van der Waals surface area (Å²) in [4.78, 5) is 15.9. The highest BCUT2D eigenvalue weighted by molar-refractivity contribution is 5.61. The molecule has 0 amide bonds. The Morgan fingerprint density at radius 1 is 1.71 bits per heavy atom. The molecule has 1 unspecified atom stereocenters. The number of anilines is 2. The summed E-state index contributed by atoms with van der Waals surface area (Å²) in [6.45, 7) is 1.79. The molecule has 1 rings (SSSR count). The molecule has 7 nitrogen and oxygen atoms in total. The van der Waals surface area contributed by atoms with Gasteiger partial charge in [0, 0.05) is 19.2 Å². The number of nitrogens with zero attached hydrogens (tertiary/aromatic N) is 4. The van der Waals surface area contributed by atoms with Crippen molar-refractivity contribution in [1.29, 1.82) is 5.26 Å². The van der Waals surface area contributed by atoms with Gasteiger partial charge in [0.2, 0.25) is 5.82 Å². The number of rotatable bonds is 4. The predicted octanol–water partition coefficient (Wildman–Crippen LogP) is 1.31. The van der Waals surface area contributed by atoms with Crippen LogP contribution in [0.5, 0.6) is 0 Å². The van der Waals surface area contributed by atoms with Gasteiger partial charge in [-0.3, -0.25) is 10.1 Å². The van der Waals surface area contributed by atoms with Crippen molar-refractivity contribution >= 4 is 17.3 Å². The quantitative estimate of drug-likeness (QED) is 0.622. The molecular formula is C10H13N5O2. The van der Waals surface area contributed by atoms with Crippen molar-refractivity contribution in [2.45, 2.75) is 19.4 Å². The molecule has 1 atom stereocenters. The van der Waals surface area contributed by atoms with Crippen LogP contribution in [0, 0.1) is 21.4 Å². The molecule has 0 fully saturated rings. The predicted molar refractivity (Wildman–Crippen MR) is 63.4 cm³/mol. The molecule has 0 aromatic carbocycles. The second kappa shape index (κ2) is 5.12. The minimum Gasteiger partial charge on any atom is -0.384 e. The van der Waals surface area contributed by atoms with E-state index < -0.39 is 4.92 Å². The van der Waals surface area contributed by atoms with Crippen LogP contribution in [0.4, 0.5) is 17.3 Å². The third-order valence-corrected chi connectivity index (χ3v) is 2.45. The lowest BCUT2D eigenvalue weighted by Crippen LogP contribution is -2.30. The lowest BCUT2D eigenvalue weighted by molar-refractivity contribution is -0.384.